The number of nitrogens with one attached hydrogen (secondary N) is 1. The van der Waals surface area contributed by atoms with Crippen LogP contribution >= 0.6 is 0 Å². The highest BCUT2D eigenvalue weighted by atomic mass is 16.1. The van der Waals surface area contributed by atoms with Crippen molar-refractivity contribution in [1.29, 1.82) is 0 Å². The van der Waals surface area contributed by atoms with Gasteiger partial charge in [-0.05, 0) is 31.4 Å². The van der Waals surface area contributed by atoms with Crippen LogP contribution in [0, 0.1) is 6.92 Å². The van der Waals surface area contributed by atoms with Crippen LogP contribution in [0.3, 0.4) is 0 Å². The third-order valence-electron chi connectivity index (χ3n) is 4.26. The summed E-state index contributed by atoms with van der Waals surface area (Å²) in [5.41, 5.74) is 2.34. The lowest BCUT2D eigenvalue weighted by atomic mass is 10.2. The molecule has 0 aliphatic carbocycles. The number of rotatable bonds is 4. The van der Waals surface area contributed by atoms with Gasteiger partial charge in [-0.15, -0.1) is 0 Å². The molecule has 126 valence electrons. The van der Waals surface area contributed by atoms with Crippen LogP contribution in [0.2, 0.25) is 0 Å². The SMILES string of the molecule is Cc1cc(C(=O)NCc2ccccc2)nc(N2CCCCCC2)n1. The second-order valence-corrected chi connectivity index (χ2v) is 6.26. The number of hydrogen-bond acceptors (Lipinski definition) is 4. The van der Waals surface area contributed by atoms with Gasteiger partial charge in [0.25, 0.3) is 5.91 Å². The molecule has 1 aromatic heterocycles. The molecule has 24 heavy (non-hydrogen) atoms. The van der Waals surface area contributed by atoms with E-state index in [1.165, 1.54) is 12.8 Å². The summed E-state index contributed by atoms with van der Waals surface area (Å²) in [6.07, 6.45) is 4.83. The van der Waals surface area contributed by atoms with Gasteiger partial charge in [-0.3, -0.25) is 4.79 Å². The summed E-state index contributed by atoms with van der Waals surface area (Å²) in [4.78, 5) is 23.7. The van der Waals surface area contributed by atoms with Gasteiger partial charge >= 0.3 is 0 Å². The summed E-state index contributed by atoms with van der Waals surface area (Å²) in [7, 11) is 0. The quantitative estimate of drug-likeness (QED) is 0.939. The molecule has 1 aliphatic rings. The minimum absolute atomic E-state index is 0.152. The maximum atomic E-state index is 12.5. The Bertz CT molecular complexity index is 679. The van der Waals surface area contributed by atoms with E-state index in [2.05, 4.69) is 20.2 Å². The van der Waals surface area contributed by atoms with Gasteiger partial charge in [-0.2, -0.15) is 0 Å². The lowest BCUT2D eigenvalue weighted by molar-refractivity contribution is 0.0945. The van der Waals surface area contributed by atoms with E-state index in [0.29, 0.717) is 18.2 Å². The fraction of sp³-hybridized carbons (Fsp3) is 0.421. The minimum Gasteiger partial charge on any atom is -0.347 e. The molecule has 5 heteroatoms. The summed E-state index contributed by atoms with van der Waals surface area (Å²) < 4.78 is 0. The Morgan fingerprint density at radius 2 is 1.79 bits per heavy atom. The molecule has 1 aliphatic heterocycles. The minimum atomic E-state index is -0.152. The summed E-state index contributed by atoms with van der Waals surface area (Å²) in [5.74, 6) is 0.530. The number of benzene rings is 1. The highest BCUT2D eigenvalue weighted by Crippen LogP contribution is 2.16. The topological polar surface area (TPSA) is 58.1 Å². The highest BCUT2D eigenvalue weighted by Gasteiger charge is 2.16. The predicted molar refractivity (Wildman–Crippen MR) is 95.1 cm³/mol. The van der Waals surface area contributed by atoms with Crippen LogP contribution in [0.25, 0.3) is 0 Å². The molecule has 0 saturated carbocycles. The van der Waals surface area contributed by atoms with E-state index in [1.54, 1.807) is 6.07 Å². The van der Waals surface area contributed by atoms with Gasteiger partial charge in [-0.25, -0.2) is 9.97 Å². The third kappa shape index (κ3) is 4.31. The van der Waals surface area contributed by atoms with E-state index in [9.17, 15) is 4.79 Å². The van der Waals surface area contributed by atoms with Crippen LogP contribution in [-0.4, -0.2) is 29.0 Å². The molecule has 0 bridgehead atoms. The number of amides is 1. The van der Waals surface area contributed by atoms with E-state index in [-0.39, 0.29) is 5.91 Å². The van der Waals surface area contributed by atoms with Crippen molar-refractivity contribution in [3.8, 4) is 0 Å². The molecule has 3 rings (SSSR count). The third-order valence-corrected chi connectivity index (χ3v) is 4.26. The van der Waals surface area contributed by atoms with Crippen LogP contribution in [0.15, 0.2) is 36.4 Å². The highest BCUT2D eigenvalue weighted by molar-refractivity contribution is 5.92. The first kappa shape index (κ1) is 16.4. The Hall–Kier alpha value is -2.43. The van der Waals surface area contributed by atoms with Gasteiger partial charge < -0.3 is 10.2 Å². The van der Waals surface area contributed by atoms with Crippen LogP contribution < -0.4 is 10.2 Å². The Labute approximate surface area is 143 Å². The molecule has 1 N–H and O–H groups in total. The first-order valence-electron chi connectivity index (χ1n) is 8.65. The Morgan fingerprint density at radius 1 is 1.08 bits per heavy atom. The summed E-state index contributed by atoms with van der Waals surface area (Å²) in [6.45, 7) is 4.35. The van der Waals surface area contributed by atoms with Gasteiger partial charge in [-0.1, -0.05) is 43.2 Å². The Balaban J connectivity index is 1.71. The first-order valence-corrected chi connectivity index (χ1v) is 8.65. The second kappa shape index (κ2) is 7.90. The molecule has 2 heterocycles. The van der Waals surface area contributed by atoms with Gasteiger partial charge in [0.15, 0.2) is 0 Å². The monoisotopic (exact) mass is 324 g/mol. The molecule has 1 saturated heterocycles. The molecule has 5 nitrogen and oxygen atoms in total. The molecule has 1 fully saturated rings. The van der Waals surface area contributed by atoms with Crippen LogP contribution in [0.4, 0.5) is 5.95 Å². The largest absolute Gasteiger partial charge is 0.347 e. The molecule has 1 aromatic carbocycles. The fourth-order valence-electron chi connectivity index (χ4n) is 2.95. The number of hydrogen-bond donors (Lipinski definition) is 1. The van der Waals surface area contributed by atoms with Crippen LogP contribution in [0.5, 0.6) is 0 Å². The zero-order chi connectivity index (χ0) is 16.8. The molecular formula is C19H24N4O. The van der Waals surface area contributed by atoms with E-state index in [4.69, 9.17) is 0 Å². The average Bonchev–Trinajstić information content (AvgIpc) is 2.89. The molecule has 0 unspecified atom stereocenters. The first-order chi connectivity index (χ1) is 11.7. The van der Waals surface area contributed by atoms with Crippen molar-refractivity contribution in [2.45, 2.75) is 39.2 Å². The van der Waals surface area contributed by atoms with E-state index in [0.717, 1.165) is 37.2 Å². The van der Waals surface area contributed by atoms with E-state index in [1.807, 2.05) is 37.3 Å². The van der Waals surface area contributed by atoms with Crippen LogP contribution in [-0.2, 0) is 6.54 Å². The van der Waals surface area contributed by atoms with Crippen molar-refractivity contribution in [3.63, 3.8) is 0 Å². The number of anilines is 1. The van der Waals surface area contributed by atoms with Crippen molar-refractivity contribution in [2.24, 2.45) is 0 Å². The molecule has 0 atom stereocenters. The van der Waals surface area contributed by atoms with Crippen molar-refractivity contribution in [2.75, 3.05) is 18.0 Å². The van der Waals surface area contributed by atoms with Crippen molar-refractivity contribution in [1.82, 2.24) is 15.3 Å². The normalized spacial score (nSPS) is 15.0. The molecule has 1 amide bonds. The van der Waals surface area contributed by atoms with Crippen LogP contribution in [0.1, 0.15) is 47.4 Å². The average molecular weight is 324 g/mol. The maximum Gasteiger partial charge on any atom is 0.270 e. The van der Waals surface area contributed by atoms with Gasteiger partial charge in [0.1, 0.15) is 5.69 Å². The lowest BCUT2D eigenvalue weighted by Crippen LogP contribution is -2.29. The Morgan fingerprint density at radius 3 is 2.50 bits per heavy atom. The zero-order valence-corrected chi connectivity index (χ0v) is 14.2. The standard InChI is InChI=1S/C19H24N4O/c1-15-13-17(18(24)20-14-16-9-5-4-6-10-16)22-19(21-15)23-11-7-2-3-8-12-23/h4-6,9-10,13H,2-3,7-8,11-12,14H2,1H3,(H,20,24). The zero-order valence-electron chi connectivity index (χ0n) is 14.2. The van der Waals surface area contributed by atoms with Gasteiger partial charge in [0.05, 0.1) is 0 Å². The fourth-order valence-corrected chi connectivity index (χ4v) is 2.95. The maximum absolute atomic E-state index is 12.5. The van der Waals surface area contributed by atoms with Gasteiger partial charge in [0, 0.05) is 25.3 Å². The molecule has 0 spiro atoms. The summed E-state index contributed by atoms with van der Waals surface area (Å²) in [6, 6.07) is 11.6. The van der Waals surface area contributed by atoms with Crippen molar-refractivity contribution < 1.29 is 4.79 Å². The molecular weight excluding hydrogens is 300 g/mol. The van der Waals surface area contributed by atoms with Crippen molar-refractivity contribution in [3.05, 3.63) is 53.3 Å². The summed E-state index contributed by atoms with van der Waals surface area (Å²) in [5, 5.41) is 2.94. The summed E-state index contributed by atoms with van der Waals surface area (Å²) >= 11 is 0. The second-order valence-electron chi connectivity index (χ2n) is 6.26. The number of aryl methyl sites for hydroxylation is 1. The van der Waals surface area contributed by atoms with E-state index >= 15 is 0 Å². The molecule has 2 aromatic rings. The lowest BCUT2D eigenvalue weighted by Gasteiger charge is -2.21. The number of aromatic nitrogens is 2. The van der Waals surface area contributed by atoms with Crippen molar-refractivity contribution >= 4 is 11.9 Å². The van der Waals surface area contributed by atoms with Gasteiger partial charge in [0.2, 0.25) is 5.95 Å². The van der Waals surface area contributed by atoms with E-state index < -0.39 is 0 Å². The predicted octanol–water partition coefficient (Wildman–Crippen LogP) is 3.10. The number of nitrogens with zero attached hydrogens (tertiary/aromatic N) is 3. The smallest absolute Gasteiger partial charge is 0.270 e. The molecule has 0 radical (unpaired) electrons. The number of carbonyl (C=O) groups is 1. The Kier molecular flexibility index (Phi) is 5.41. The number of carbonyl (C=O) groups excluding carboxylic acids is 1.